The molecule has 0 atom stereocenters. The van der Waals surface area contributed by atoms with E-state index in [-0.39, 0.29) is 5.97 Å². The molecule has 0 aliphatic rings. The van der Waals surface area contributed by atoms with Gasteiger partial charge in [0.1, 0.15) is 0 Å². The maximum absolute atomic E-state index is 10.8. The van der Waals surface area contributed by atoms with Gasteiger partial charge in [-0.2, -0.15) is 0 Å². The van der Waals surface area contributed by atoms with Crippen molar-refractivity contribution in [1.29, 1.82) is 0 Å². The topological polar surface area (TPSA) is 26.3 Å². The van der Waals surface area contributed by atoms with E-state index in [1.165, 1.54) is 8.05 Å². The van der Waals surface area contributed by atoms with Crippen LogP contribution in [-0.4, -0.2) is 14.0 Å². The molecule has 0 radical (unpaired) electrons. The number of carbonyl (C=O) groups is 1. The van der Waals surface area contributed by atoms with Gasteiger partial charge in [-0.3, -0.25) is 4.79 Å². The highest BCUT2D eigenvalue weighted by atomic mass is 16.5. The largest absolute Gasteiger partial charge is 0.543 e. The van der Waals surface area contributed by atoms with E-state index in [0.29, 0.717) is 6.42 Å². The predicted molar refractivity (Wildman–Crippen MR) is 44.8 cm³/mol. The number of hydrogen-bond donors (Lipinski definition) is 0. The molecule has 0 N–H and O–H groups in total. The molecule has 0 aliphatic carbocycles. The molecule has 3 heteroatoms. The summed E-state index contributed by atoms with van der Waals surface area (Å²) in [5.41, 5.74) is 0.986. The SMILES string of the molecule is BOC(=O)Cc1ccccc1. The van der Waals surface area contributed by atoms with Crippen molar-refractivity contribution in [2.24, 2.45) is 0 Å². The van der Waals surface area contributed by atoms with E-state index in [1.807, 2.05) is 30.3 Å². The standard InChI is InChI=1S/C8H9BO2/c9-11-8(10)6-7-4-2-1-3-5-7/h1-5H,6,9H2. The number of rotatable bonds is 2. The third-order valence-electron chi connectivity index (χ3n) is 1.42. The quantitative estimate of drug-likeness (QED) is 0.564. The minimum Gasteiger partial charge on any atom is -0.543 e. The predicted octanol–water partition coefficient (Wildman–Crippen LogP) is 0.320. The van der Waals surface area contributed by atoms with E-state index < -0.39 is 0 Å². The van der Waals surface area contributed by atoms with Gasteiger partial charge in [-0.05, 0) is 5.56 Å². The Kier molecular flexibility index (Phi) is 2.72. The van der Waals surface area contributed by atoms with E-state index in [4.69, 9.17) is 0 Å². The second-order valence-electron chi connectivity index (χ2n) is 2.24. The molecule has 0 aromatic heterocycles. The van der Waals surface area contributed by atoms with Gasteiger partial charge in [-0.25, -0.2) is 0 Å². The second kappa shape index (κ2) is 3.81. The van der Waals surface area contributed by atoms with Gasteiger partial charge >= 0.3 is 8.05 Å². The lowest BCUT2D eigenvalue weighted by atomic mass is 10.1. The average molecular weight is 148 g/mol. The van der Waals surface area contributed by atoms with Crippen molar-refractivity contribution in [2.45, 2.75) is 6.42 Å². The summed E-state index contributed by atoms with van der Waals surface area (Å²) in [7, 11) is 1.39. The van der Waals surface area contributed by atoms with Gasteiger partial charge in [0.05, 0.1) is 6.42 Å². The third-order valence-corrected chi connectivity index (χ3v) is 1.42. The van der Waals surface area contributed by atoms with E-state index in [1.54, 1.807) is 0 Å². The minimum absolute atomic E-state index is 0.198. The van der Waals surface area contributed by atoms with Gasteiger partial charge in [0.15, 0.2) is 0 Å². The van der Waals surface area contributed by atoms with Crippen molar-refractivity contribution >= 4 is 14.0 Å². The molecule has 0 heterocycles. The zero-order valence-corrected chi connectivity index (χ0v) is 6.41. The summed E-state index contributed by atoms with van der Waals surface area (Å²) >= 11 is 0. The molecule has 0 aliphatic heterocycles. The lowest BCUT2D eigenvalue weighted by molar-refractivity contribution is -0.133. The highest BCUT2D eigenvalue weighted by Crippen LogP contribution is 1.99. The molecule has 0 spiro atoms. The molecule has 0 unspecified atom stereocenters. The van der Waals surface area contributed by atoms with Crippen LogP contribution in [0.5, 0.6) is 0 Å². The summed E-state index contributed by atoms with van der Waals surface area (Å²) < 4.78 is 4.52. The van der Waals surface area contributed by atoms with Crippen LogP contribution < -0.4 is 0 Å². The van der Waals surface area contributed by atoms with E-state index >= 15 is 0 Å². The Morgan fingerprint density at radius 1 is 1.36 bits per heavy atom. The Morgan fingerprint density at radius 3 is 2.55 bits per heavy atom. The summed E-state index contributed by atoms with van der Waals surface area (Å²) in [6.45, 7) is 0. The molecule has 1 aromatic rings. The fraction of sp³-hybridized carbons (Fsp3) is 0.125. The minimum atomic E-state index is -0.198. The molecule has 1 rings (SSSR count). The van der Waals surface area contributed by atoms with Crippen molar-refractivity contribution in [1.82, 2.24) is 0 Å². The molecule has 0 bridgehead atoms. The lowest BCUT2D eigenvalue weighted by Gasteiger charge is -1.98. The Labute approximate surface area is 66.6 Å². The molecular formula is C8H9BO2. The molecular weight excluding hydrogens is 139 g/mol. The first kappa shape index (κ1) is 7.86. The molecule has 11 heavy (non-hydrogen) atoms. The first-order valence-corrected chi connectivity index (χ1v) is 3.43. The van der Waals surface area contributed by atoms with Crippen LogP contribution >= 0.6 is 0 Å². The van der Waals surface area contributed by atoms with Crippen LogP contribution in [0.1, 0.15) is 5.56 Å². The zero-order valence-electron chi connectivity index (χ0n) is 6.41. The highest BCUT2D eigenvalue weighted by molar-refractivity contribution is 6.05. The summed E-state index contributed by atoms with van der Waals surface area (Å²) in [5.74, 6) is -0.198. The monoisotopic (exact) mass is 148 g/mol. The fourth-order valence-electron chi connectivity index (χ4n) is 0.835. The molecule has 2 nitrogen and oxygen atoms in total. The van der Waals surface area contributed by atoms with Gasteiger partial charge in [-0.15, -0.1) is 0 Å². The van der Waals surface area contributed by atoms with Crippen LogP contribution in [0, 0.1) is 0 Å². The summed E-state index contributed by atoms with van der Waals surface area (Å²) in [5, 5.41) is 0. The van der Waals surface area contributed by atoms with Crippen LogP contribution in [0.4, 0.5) is 0 Å². The maximum Gasteiger partial charge on any atom is 0.325 e. The number of carbonyl (C=O) groups excluding carboxylic acids is 1. The molecule has 0 saturated heterocycles. The van der Waals surface area contributed by atoms with Crippen molar-refractivity contribution in [3.63, 3.8) is 0 Å². The normalized spacial score (nSPS) is 9.09. The summed E-state index contributed by atoms with van der Waals surface area (Å²) in [4.78, 5) is 10.8. The van der Waals surface area contributed by atoms with Crippen LogP contribution in [0.15, 0.2) is 30.3 Å². The first-order chi connectivity index (χ1) is 5.33. The fourth-order valence-corrected chi connectivity index (χ4v) is 0.835. The Hall–Kier alpha value is -1.25. The molecule has 0 saturated carbocycles. The van der Waals surface area contributed by atoms with Crippen LogP contribution in [0.25, 0.3) is 0 Å². The average Bonchev–Trinajstić information content (AvgIpc) is 2.06. The van der Waals surface area contributed by atoms with Gasteiger partial charge in [0.2, 0.25) is 0 Å². The lowest BCUT2D eigenvalue weighted by Crippen LogP contribution is -2.04. The zero-order chi connectivity index (χ0) is 8.10. The second-order valence-corrected chi connectivity index (χ2v) is 2.24. The van der Waals surface area contributed by atoms with Crippen LogP contribution in [0.2, 0.25) is 0 Å². The van der Waals surface area contributed by atoms with Gasteiger partial charge in [-0.1, -0.05) is 30.3 Å². The molecule has 1 aromatic carbocycles. The van der Waals surface area contributed by atoms with Gasteiger partial charge in [0.25, 0.3) is 5.97 Å². The van der Waals surface area contributed by atoms with Crippen LogP contribution in [-0.2, 0) is 15.9 Å². The highest BCUT2D eigenvalue weighted by Gasteiger charge is 1.99. The Balaban J connectivity index is 2.58. The van der Waals surface area contributed by atoms with Gasteiger partial charge < -0.3 is 4.65 Å². The van der Waals surface area contributed by atoms with E-state index in [0.717, 1.165) is 5.56 Å². The van der Waals surface area contributed by atoms with E-state index in [9.17, 15) is 4.79 Å². The first-order valence-electron chi connectivity index (χ1n) is 3.43. The Morgan fingerprint density at radius 2 is 2.00 bits per heavy atom. The maximum atomic E-state index is 10.8. The Bertz CT molecular complexity index is 233. The molecule has 0 amide bonds. The van der Waals surface area contributed by atoms with Crippen molar-refractivity contribution < 1.29 is 9.45 Å². The van der Waals surface area contributed by atoms with Crippen molar-refractivity contribution in [3.05, 3.63) is 35.9 Å². The third kappa shape index (κ3) is 2.46. The van der Waals surface area contributed by atoms with Gasteiger partial charge in [0, 0.05) is 0 Å². The van der Waals surface area contributed by atoms with E-state index in [2.05, 4.69) is 4.65 Å². The van der Waals surface area contributed by atoms with Crippen molar-refractivity contribution in [2.75, 3.05) is 0 Å². The molecule has 56 valence electrons. The summed E-state index contributed by atoms with van der Waals surface area (Å²) in [6, 6.07) is 9.52. The smallest absolute Gasteiger partial charge is 0.325 e. The summed E-state index contributed by atoms with van der Waals surface area (Å²) in [6.07, 6.45) is 0.358. The number of hydrogen-bond acceptors (Lipinski definition) is 2. The molecule has 0 fully saturated rings. The number of benzene rings is 1. The van der Waals surface area contributed by atoms with Crippen molar-refractivity contribution in [3.8, 4) is 0 Å². The van der Waals surface area contributed by atoms with Crippen LogP contribution in [0.3, 0.4) is 0 Å².